The Morgan fingerprint density at radius 3 is 2.73 bits per heavy atom. The first-order valence-corrected chi connectivity index (χ1v) is 4.85. The molecule has 0 spiro atoms. The average Bonchev–Trinajstić information content (AvgIpc) is 2.20. The van der Waals surface area contributed by atoms with Crippen molar-refractivity contribution in [2.75, 3.05) is 6.61 Å². The van der Waals surface area contributed by atoms with Gasteiger partial charge in [0.1, 0.15) is 17.9 Å². The van der Waals surface area contributed by atoms with Gasteiger partial charge < -0.3 is 10.5 Å². The largest absolute Gasteiger partial charge is 0.490 e. The second kappa shape index (κ2) is 4.33. The molecule has 0 saturated heterocycles. The van der Waals surface area contributed by atoms with Gasteiger partial charge in [0.2, 0.25) is 0 Å². The topological polar surface area (TPSA) is 59.0 Å². The summed E-state index contributed by atoms with van der Waals surface area (Å²) < 4.78 is 5.53. The van der Waals surface area contributed by atoms with Gasteiger partial charge in [0, 0.05) is 0 Å². The van der Waals surface area contributed by atoms with Crippen LogP contribution in [-0.2, 0) is 0 Å². The second-order valence-electron chi connectivity index (χ2n) is 4.02. The van der Waals surface area contributed by atoms with Crippen molar-refractivity contribution in [1.29, 1.82) is 5.26 Å². The molecule has 0 bridgehead atoms. The molecular formula is C12H16N2O. The van der Waals surface area contributed by atoms with Gasteiger partial charge in [0.05, 0.1) is 6.07 Å². The Labute approximate surface area is 90.5 Å². The van der Waals surface area contributed by atoms with E-state index in [2.05, 4.69) is 0 Å². The third-order valence-corrected chi connectivity index (χ3v) is 2.34. The molecule has 15 heavy (non-hydrogen) atoms. The van der Waals surface area contributed by atoms with Crippen molar-refractivity contribution in [3.8, 4) is 11.8 Å². The molecule has 1 aromatic rings. The van der Waals surface area contributed by atoms with Crippen LogP contribution in [0.2, 0.25) is 0 Å². The van der Waals surface area contributed by atoms with E-state index in [0.717, 1.165) is 11.3 Å². The summed E-state index contributed by atoms with van der Waals surface area (Å²) in [6.45, 7) is 5.87. The van der Waals surface area contributed by atoms with E-state index in [1.165, 1.54) is 5.56 Å². The zero-order chi connectivity index (χ0) is 11.5. The quantitative estimate of drug-likeness (QED) is 0.818. The molecule has 0 aliphatic heterocycles. The fourth-order valence-corrected chi connectivity index (χ4v) is 1.14. The number of nitrogens with zero attached hydrogens (tertiary/aromatic N) is 1. The number of aryl methyl sites for hydroxylation is 1. The minimum Gasteiger partial charge on any atom is -0.490 e. The molecule has 0 aliphatic rings. The van der Waals surface area contributed by atoms with Crippen LogP contribution in [0, 0.1) is 25.2 Å². The van der Waals surface area contributed by atoms with Crippen LogP contribution in [0.4, 0.5) is 0 Å². The first kappa shape index (κ1) is 11.5. The predicted octanol–water partition coefficient (Wildman–Crippen LogP) is 1.92. The molecule has 80 valence electrons. The van der Waals surface area contributed by atoms with Gasteiger partial charge in [-0.15, -0.1) is 0 Å². The van der Waals surface area contributed by atoms with Gasteiger partial charge in [-0.3, -0.25) is 0 Å². The molecule has 3 nitrogen and oxygen atoms in total. The normalized spacial score (nSPS) is 14.1. The first-order chi connectivity index (χ1) is 6.96. The third kappa shape index (κ3) is 2.97. The Morgan fingerprint density at radius 1 is 1.47 bits per heavy atom. The zero-order valence-corrected chi connectivity index (χ0v) is 9.37. The van der Waals surface area contributed by atoms with E-state index >= 15 is 0 Å². The Balaban J connectivity index is 2.75. The molecule has 1 aromatic carbocycles. The van der Waals surface area contributed by atoms with Crippen molar-refractivity contribution < 1.29 is 4.74 Å². The van der Waals surface area contributed by atoms with Crippen LogP contribution < -0.4 is 10.5 Å². The van der Waals surface area contributed by atoms with Gasteiger partial charge in [0.15, 0.2) is 0 Å². The Bertz CT molecular complexity index is 391. The maximum atomic E-state index is 8.74. The lowest BCUT2D eigenvalue weighted by Crippen LogP contribution is -2.40. The van der Waals surface area contributed by atoms with Crippen molar-refractivity contribution >= 4 is 0 Å². The number of benzene rings is 1. The maximum absolute atomic E-state index is 8.74. The molecule has 1 atom stereocenters. The summed E-state index contributed by atoms with van der Waals surface area (Å²) in [6, 6.07) is 7.83. The highest BCUT2D eigenvalue weighted by atomic mass is 16.5. The second-order valence-corrected chi connectivity index (χ2v) is 4.02. The van der Waals surface area contributed by atoms with E-state index in [0.29, 0.717) is 0 Å². The average molecular weight is 204 g/mol. The molecule has 0 aliphatic carbocycles. The minimum atomic E-state index is -0.934. The summed E-state index contributed by atoms with van der Waals surface area (Å²) >= 11 is 0. The molecule has 3 heteroatoms. The number of hydrogen-bond donors (Lipinski definition) is 1. The monoisotopic (exact) mass is 204 g/mol. The standard InChI is InChI=1S/C12H16N2O/c1-9-5-4-6-11(10(9)2)15-8-12(3,14)7-13/h4-6H,8,14H2,1-3H3. The van der Waals surface area contributed by atoms with Crippen LogP contribution in [0.1, 0.15) is 18.1 Å². The fraction of sp³-hybridized carbons (Fsp3) is 0.417. The number of rotatable bonds is 3. The van der Waals surface area contributed by atoms with E-state index in [1.807, 2.05) is 38.1 Å². The highest BCUT2D eigenvalue weighted by molar-refractivity contribution is 5.38. The summed E-state index contributed by atoms with van der Waals surface area (Å²) in [6.07, 6.45) is 0. The van der Waals surface area contributed by atoms with Crippen molar-refractivity contribution in [1.82, 2.24) is 0 Å². The molecule has 1 rings (SSSR count). The van der Waals surface area contributed by atoms with E-state index in [4.69, 9.17) is 15.7 Å². The number of ether oxygens (including phenoxy) is 1. The van der Waals surface area contributed by atoms with Gasteiger partial charge in [0.25, 0.3) is 0 Å². The van der Waals surface area contributed by atoms with Crippen LogP contribution in [0.15, 0.2) is 18.2 Å². The lowest BCUT2D eigenvalue weighted by molar-refractivity contribution is 0.263. The van der Waals surface area contributed by atoms with Crippen molar-refractivity contribution in [3.05, 3.63) is 29.3 Å². The van der Waals surface area contributed by atoms with Gasteiger partial charge in [-0.25, -0.2) is 0 Å². The van der Waals surface area contributed by atoms with Crippen LogP contribution >= 0.6 is 0 Å². The Morgan fingerprint density at radius 2 is 2.13 bits per heavy atom. The maximum Gasteiger partial charge on any atom is 0.135 e. The minimum absolute atomic E-state index is 0.202. The number of nitriles is 1. The highest BCUT2D eigenvalue weighted by Crippen LogP contribution is 2.21. The predicted molar refractivity (Wildman–Crippen MR) is 59.6 cm³/mol. The van der Waals surface area contributed by atoms with E-state index in [1.54, 1.807) is 6.92 Å². The molecule has 0 aromatic heterocycles. The van der Waals surface area contributed by atoms with Crippen LogP contribution in [-0.4, -0.2) is 12.1 Å². The molecule has 0 radical (unpaired) electrons. The van der Waals surface area contributed by atoms with E-state index in [-0.39, 0.29) is 6.61 Å². The highest BCUT2D eigenvalue weighted by Gasteiger charge is 2.18. The molecule has 0 fully saturated rings. The molecule has 0 saturated carbocycles. The molecule has 1 unspecified atom stereocenters. The van der Waals surface area contributed by atoms with E-state index < -0.39 is 5.54 Å². The zero-order valence-electron chi connectivity index (χ0n) is 9.37. The molecule has 0 amide bonds. The van der Waals surface area contributed by atoms with Crippen LogP contribution in [0.3, 0.4) is 0 Å². The number of nitrogens with two attached hydrogens (primary N) is 1. The lowest BCUT2D eigenvalue weighted by Gasteiger charge is -2.17. The summed E-state index contributed by atoms with van der Waals surface area (Å²) in [5, 5.41) is 8.74. The van der Waals surface area contributed by atoms with Gasteiger partial charge >= 0.3 is 0 Å². The van der Waals surface area contributed by atoms with Crippen molar-refractivity contribution in [2.24, 2.45) is 5.73 Å². The summed E-state index contributed by atoms with van der Waals surface area (Å²) in [5.41, 5.74) is 6.99. The smallest absolute Gasteiger partial charge is 0.135 e. The molecular weight excluding hydrogens is 188 g/mol. The summed E-state index contributed by atoms with van der Waals surface area (Å²) in [7, 11) is 0. The van der Waals surface area contributed by atoms with Crippen molar-refractivity contribution in [2.45, 2.75) is 26.3 Å². The van der Waals surface area contributed by atoms with Crippen LogP contribution in [0.25, 0.3) is 0 Å². The number of hydrogen-bond acceptors (Lipinski definition) is 3. The lowest BCUT2D eigenvalue weighted by atomic mass is 10.1. The van der Waals surface area contributed by atoms with Crippen molar-refractivity contribution in [3.63, 3.8) is 0 Å². The molecule has 2 N–H and O–H groups in total. The SMILES string of the molecule is Cc1cccc(OCC(C)(N)C#N)c1C. The fourth-order valence-electron chi connectivity index (χ4n) is 1.14. The molecule has 0 heterocycles. The van der Waals surface area contributed by atoms with Gasteiger partial charge in [-0.2, -0.15) is 5.26 Å². The first-order valence-electron chi connectivity index (χ1n) is 4.85. The third-order valence-electron chi connectivity index (χ3n) is 2.34. The Hall–Kier alpha value is -1.53. The Kier molecular flexibility index (Phi) is 3.33. The van der Waals surface area contributed by atoms with Crippen LogP contribution in [0.5, 0.6) is 5.75 Å². The van der Waals surface area contributed by atoms with E-state index in [9.17, 15) is 0 Å². The van der Waals surface area contributed by atoms with Gasteiger partial charge in [-0.1, -0.05) is 12.1 Å². The summed E-state index contributed by atoms with van der Waals surface area (Å²) in [4.78, 5) is 0. The van der Waals surface area contributed by atoms with Gasteiger partial charge in [-0.05, 0) is 38.0 Å². The summed E-state index contributed by atoms with van der Waals surface area (Å²) in [5.74, 6) is 0.793.